The Morgan fingerprint density at radius 3 is 2.90 bits per heavy atom. The van der Waals surface area contributed by atoms with Crippen molar-refractivity contribution in [2.45, 2.75) is 31.8 Å². The highest BCUT2D eigenvalue weighted by Gasteiger charge is 2.69. The molecule has 3 fully saturated rings. The van der Waals surface area contributed by atoms with Crippen molar-refractivity contribution >= 4 is 23.0 Å². The summed E-state index contributed by atoms with van der Waals surface area (Å²) >= 11 is 0. The first-order valence-electron chi connectivity index (χ1n) is 9.38. The van der Waals surface area contributed by atoms with Crippen molar-refractivity contribution in [1.82, 2.24) is 4.98 Å². The van der Waals surface area contributed by atoms with E-state index in [1.165, 1.54) is 6.07 Å². The molecular weight excluding hydrogens is 382 g/mol. The highest BCUT2D eigenvalue weighted by molar-refractivity contribution is 5.87. The number of hydrogen-bond acceptors (Lipinski definition) is 8. The van der Waals surface area contributed by atoms with Crippen LogP contribution in [0.2, 0.25) is 0 Å². The highest BCUT2D eigenvalue weighted by Crippen LogP contribution is 2.59. The molecule has 1 aliphatic heterocycles. The largest absolute Gasteiger partial charge is 0.465 e. The molecular formula is C20H19NO8. The van der Waals surface area contributed by atoms with E-state index in [1.54, 1.807) is 19.1 Å². The molecule has 0 amide bonds. The maximum Gasteiger partial charge on any atom is 0.417 e. The fourth-order valence-electron chi connectivity index (χ4n) is 5.03. The van der Waals surface area contributed by atoms with Gasteiger partial charge in [-0.3, -0.25) is 9.78 Å². The summed E-state index contributed by atoms with van der Waals surface area (Å²) in [5, 5.41) is 10.8. The van der Waals surface area contributed by atoms with Gasteiger partial charge in [0.25, 0.3) is 0 Å². The topological polar surface area (TPSA) is 128 Å². The van der Waals surface area contributed by atoms with E-state index in [0.29, 0.717) is 17.5 Å². The van der Waals surface area contributed by atoms with Crippen LogP contribution in [0.3, 0.4) is 0 Å². The minimum atomic E-state index is -1.32. The first kappa shape index (κ1) is 18.0. The molecule has 0 radical (unpaired) electrons. The lowest BCUT2D eigenvalue weighted by atomic mass is 9.78. The van der Waals surface area contributed by atoms with E-state index in [0.717, 1.165) is 0 Å². The van der Waals surface area contributed by atoms with Crippen molar-refractivity contribution in [2.75, 3.05) is 0 Å². The summed E-state index contributed by atoms with van der Waals surface area (Å²) in [4.78, 5) is 38.3. The minimum absolute atomic E-state index is 0.121. The molecule has 7 unspecified atom stereocenters. The summed E-state index contributed by atoms with van der Waals surface area (Å²) in [6.07, 6.45) is -1.85. The summed E-state index contributed by atoms with van der Waals surface area (Å²) < 4.78 is 21.7. The van der Waals surface area contributed by atoms with Crippen molar-refractivity contribution in [3.8, 4) is 5.75 Å². The molecule has 2 N–H and O–H groups in total. The Balaban J connectivity index is 1.40. The summed E-state index contributed by atoms with van der Waals surface area (Å²) in [5.74, 6) is -2.74. The first-order valence-corrected chi connectivity index (χ1v) is 9.38. The lowest BCUT2D eigenvalue weighted by Gasteiger charge is -2.33. The quantitative estimate of drug-likeness (QED) is 0.433. The summed E-state index contributed by atoms with van der Waals surface area (Å²) in [5.41, 5.74) is 1.05. The van der Waals surface area contributed by atoms with Gasteiger partial charge in [0.2, 0.25) is 6.29 Å². The number of aromatic amines is 1. The van der Waals surface area contributed by atoms with Gasteiger partial charge in [-0.05, 0) is 25.5 Å². The van der Waals surface area contributed by atoms with E-state index in [-0.39, 0.29) is 23.2 Å². The van der Waals surface area contributed by atoms with E-state index in [4.69, 9.17) is 18.6 Å². The van der Waals surface area contributed by atoms with Crippen molar-refractivity contribution in [3.05, 3.63) is 40.9 Å². The fourth-order valence-corrected chi connectivity index (χ4v) is 5.03. The van der Waals surface area contributed by atoms with E-state index in [1.807, 2.05) is 0 Å². The number of ether oxygens (including phenoxy) is 3. The van der Waals surface area contributed by atoms with E-state index in [2.05, 4.69) is 11.6 Å². The molecule has 1 aromatic heterocycles. The molecule has 2 saturated carbocycles. The number of aromatic nitrogens is 1. The van der Waals surface area contributed by atoms with Crippen LogP contribution in [0.15, 0.2) is 39.6 Å². The van der Waals surface area contributed by atoms with Gasteiger partial charge in [0, 0.05) is 29.4 Å². The van der Waals surface area contributed by atoms with Gasteiger partial charge in [-0.2, -0.15) is 0 Å². The van der Waals surface area contributed by atoms with Crippen LogP contribution in [0.1, 0.15) is 13.3 Å². The van der Waals surface area contributed by atoms with Crippen molar-refractivity contribution in [1.29, 1.82) is 0 Å². The van der Waals surface area contributed by atoms with E-state index in [9.17, 15) is 19.5 Å². The molecule has 9 nitrogen and oxygen atoms in total. The third-order valence-electron chi connectivity index (χ3n) is 6.18. The Morgan fingerprint density at radius 1 is 1.34 bits per heavy atom. The van der Waals surface area contributed by atoms with Gasteiger partial charge in [0.05, 0.1) is 11.4 Å². The molecule has 0 spiro atoms. The van der Waals surface area contributed by atoms with Crippen LogP contribution in [0, 0.1) is 23.7 Å². The second-order valence-corrected chi connectivity index (χ2v) is 7.90. The Kier molecular flexibility index (Phi) is 3.86. The molecule has 7 atom stereocenters. The second-order valence-electron chi connectivity index (χ2n) is 7.90. The van der Waals surface area contributed by atoms with Gasteiger partial charge in [0.15, 0.2) is 5.58 Å². The number of hydrogen-bond donors (Lipinski definition) is 2. The molecule has 3 aliphatic rings. The lowest BCUT2D eigenvalue weighted by Crippen LogP contribution is -2.46. The van der Waals surface area contributed by atoms with Crippen LogP contribution in [0.5, 0.6) is 5.75 Å². The normalized spacial score (nSPS) is 33.0. The van der Waals surface area contributed by atoms with Crippen LogP contribution in [0.25, 0.3) is 11.1 Å². The number of aliphatic hydroxyl groups excluding tert-OH is 1. The van der Waals surface area contributed by atoms with Crippen LogP contribution < -0.4 is 10.5 Å². The second kappa shape index (κ2) is 6.21. The zero-order valence-electron chi connectivity index (χ0n) is 15.5. The summed E-state index contributed by atoms with van der Waals surface area (Å²) in [6.45, 7) is 5.13. The predicted octanol–water partition coefficient (Wildman–Crippen LogP) is 1.11. The van der Waals surface area contributed by atoms with Gasteiger partial charge >= 0.3 is 17.7 Å². The Hall–Kier alpha value is -3.07. The molecule has 9 heteroatoms. The molecule has 1 aromatic carbocycles. The van der Waals surface area contributed by atoms with E-state index < -0.39 is 48.0 Å². The number of oxazole rings is 1. The summed E-state index contributed by atoms with van der Waals surface area (Å²) in [7, 11) is 0. The maximum atomic E-state index is 12.4. The number of benzene rings is 1. The van der Waals surface area contributed by atoms with Crippen molar-refractivity contribution < 1.29 is 33.3 Å². The average molecular weight is 401 g/mol. The number of fused-ring (bicyclic) bond motifs is 2. The zero-order chi connectivity index (χ0) is 20.4. The molecule has 2 heterocycles. The number of rotatable bonds is 5. The standard InChI is InChI=1S/C20H19NO8/c1-7(2)17(22)28-15-9-6-10-14(19(24)29-16(10)15)13(9)18(23)26-8-3-4-11-12(5-8)27-20(25)21-11/h3-5,9-10,13-16,18,23H,1,6H2,2H3,(H,21,25). The highest BCUT2D eigenvalue weighted by atomic mass is 16.6. The molecule has 152 valence electrons. The van der Waals surface area contributed by atoms with Crippen LogP contribution in [0.4, 0.5) is 0 Å². The fraction of sp³-hybridized carbons (Fsp3) is 0.450. The third kappa shape index (κ3) is 2.68. The first-order chi connectivity index (χ1) is 13.8. The third-order valence-corrected chi connectivity index (χ3v) is 6.18. The number of nitrogens with one attached hydrogen (secondary N) is 1. The maximum absolute atomic E-state index is 12.4. The Labute approximate surface area is 164 Å². The molecule has 29 heavy (non-hydrogen) atoms. The number of aliphatic hydroxyl groups is 1. The Morgan fingerprint density at radius 2 is 2.14 bits per heavy atom. The molecule has 2 bridgehead atoms. The van der Waals surface area contributed by atoms with Crippen molar-refractivity contribution in [3.63, 3.8) is 0 Å². The van der Waals surface area contributed by atoms with Gasteiger partial charge in [0.1, 0.15) is 18.0 Å². The van der Waals surface area contributed by atoms with Crippen LogP contribution >= 0.6 is 0 Å². The summed E-state index contributed by atoms with van der Waals surface area (Å²) in [6, 6.07) is 4.66. The number of carbonyl (C=O) groups excluding carboxylic acids is 2. The molecule has 5 rings (SSSR count). The van der Waals surface area contributed by atoms with Gasteiger partial charge in [-0.15, -0.1) is 0 Å². The molecule has 2 aliphatic carbocycles. The number of carbonyl (C=O) groups is 2. The SMILES string of the molecule is C=C(C)C(=O)OC1C2CC3C1OC(=O)C3C2C(O)Oc1ccc2[nH]c(=O)oc2c1. The monoisotopic (exact) mass is 401 g/mol. The van der Waals surface area contributed by atoms with Crippen molar-refractivity contribution in [2.24, 2.45) is 23.7 Å². The van der Waals surface area contributed by atoms with Crippen LogP contribution in [-0.4, -0.2) is 40.5 Å². The van der Waals surface area contributed by atoms with Gasteiger partial charge in [-0.25, -0.2) is 9.59 Å². The average Bonchev–Trinajstić information content (AvgIpc) is 3.36. The van der Waals surface area contributed by atoms with Crippen LogP contribution in [-0.2, 0) is 19.1 Å². The number of esters is 2. The molecule has 1 saturated heterocycles. The zero-order valence-corrected chi connectivity index (χ0v) is 15.5. The Bertz CT molecular complexity index is 1080. The lowest BCUT2D eigenvalue weighted by molar-refractivity contribution is -0.161. The number of H-pyrrole nitrogens is 1. The van der Waals surface area contributed by atoms with E-state index >= 15 is 0 Å². The minimum Gasteiger partial charge on any atom is -0.465 e. The molecule has 2 aromatic rings. The smallest absolute Gasteiger partial charge is 0.417 e. The van der Waals surface area contributed by atoms with Gasteiger partial charge in [-0.1, -0.05) is 6.58 Å². The van der Waals surface area contributed by atoms with Gasteiger partial charge < -0.3 is 23.7 Å². The predicted molar refractivity (Wildman–Crippen MR) is 96.6 cm³/mol.